The van der Waals surface area contributed by atoms with Crippen molar-refractivity contribution >= 4 is 5.78 Å². The highest BCUT2D eigenvalue weighted by molar-refractivity contribution is 5.88. The minimum Gasteiger partial charge on any atom is -0.299 e. The van der Waals surface area contributed by atoms with Gasteiger partial charge in [-0.25, -0.2) is 0 Å². The summed E-state index contributed by atoms with van der Waals surface area (Å²) in [6.45, 7) is 8.88. The van der Waals surface area contributed by atoms with Crippen molar-refractivity contribution in [3.63, 3.8) is 0 Å². The van der Waals surface area contributed by atoms with Crippen molar-refractivity contribution in [2.75, 3.05) is 0 Å². The van der Waals surface area contributed by atoms with Crippen molar-refractivity contribution in [3.05, 3.63) is 34.9 Å². The quantitative estimate of drug-likeness (QED) is 0.799. The van der Waals surface area contributed by atoms with E-state index >= 15 is 0 Å². The molecule has 0 radical (unpaired) electrons. The molecule has 19 heavy (non-hydrogen) atoms. The fraction of sp³-hybridized carbons (Fsp3) is 0.611. The zero-order chi connectivity index (χ0) is 13.8. The largest absolute Gasteiger partial charge is 0.299 e. The van der Waals surface area contributed by atoms with Crippen LogP contribution in [0, 0.1) is 16.7 Å². The molecule has 0 aliphatic heterocycles. The lowest BCUT2D eigenvalue weighted by molar-refractivity contribution is -0.120. The average molecular weight is 256 g/mol. The number of hydrogen-bond acceptors (Lipinski definition) is 1. The molecule has 1 aromatic rings. The third-order valence-corrected chi connectivity index (χ3v) is 5.88. The van der Waals surface area contributed by atoms with E-state index in [1.165, 1.54) is 36.0 Å². The monoisotopic (exact) mass is 256 g/mol. The molecule has 0 spiro atoms. The predicted molar refractivity (Wildman–Crippen MR) is 78.2 cm³/mol. The number of carbonyl (C=O) groups is 1. The van der Waals surface area contributed by atoms with Crippen LogP contribution < -0.4 is 0 Å². The van der Waals surface area contributed by atoms with Gasteiger partial charge in [0.1, 0.15) is 5.78 Å². The van der Waals surface area contributed by atoms with E-state index in [0.29, 0.717) is 12.2 Å². The number of Topliss-reactive ketones (excluding diaryl/α,β-unsaturated/α-hetero) is 1. The van der Waals surface area contributed by atoms with E-state index in [2.05, 4.69) is 45.9 Å². The van der Waals surface area contributed by atoms with Crippen LogP contribution in [-0.4, -0.2) is 5.78 Å². The lowest BCUT2D eigenvalue weighted by Gasteiger charge is -2.06. The van der Waals surface area contributed by atoms with Gasteiger partial charge in [-0.05, 0) is 46.8 Å². The maximum absolute atomic E-state index is 12.5. The smallest absolute Gasteiger partial charge is 0.141 e. The number of hydrogen-bond donors (Lipinski definition) is 0. The average Bonchev–Trinajstić information content (AvgIpc) is 2.67. The lowest BCUT2D eigenvalue weighted by Crippen LogP contribution is -2.10. The molecule has 0 unspecified atom stereocenters. The first-order chi connectivity index (χ1) is 8.84. The fourth-order valence-corrected chi connectivity index (χ4v) is 4.04. The predicted octanol–water partition coefficient (Wildman–Crippen LogP) is 3.97. The molecule has 1 heteroatoms. The first-order valence-electron chi connectivity index (χ1n) is 7.47. The summed E-state index contributed by atoms with van der Waals surface area (Å²) in [5.41, 5.74) is 4.51. The summed E-state index contributed by atoms with van der Waals surface area (Å²) in [6.07, 6.45) is 4.30. The van der Waals surface area contributed by atoms with Gasteiger partial charge in [-0.2, -0.15) is 0 Å². The second kappa shape index (κ2) is 3.94. The van der Waals surface area contributed by atoms with E-state index in [1.807, 2.05) is 0 Å². The van der Waals surface area contributed by atoms with Gasteiger partial charge in [0.15, 0.2) is 0 Å². The van der Waals surface area contributed by atoms with Gasteiger partial charge in [-0.1, -0.05) is 45.9 Å². The molecular weight excluding hydrogens is 232 g/mol. The van der Waals surface area contributed by atoms with Crippen LogP contribution in [0.15, 0.2) is 18.2 Å². The number of ketones is 1. The summed E-state index contributed by atoms with van der Waals surface area (Å²) in [4.78, 5) is 12.5. The van der Waals surface area contributed by atoms with Gasteiger partial charge in [-0.15, -0.1) is 0 Å². The van der Waals surface area contributed by atoms with Gasteiger partial charge in [0.2, 0.25) is 0 Å². The summed E-state index contributed by atoms with van der Waals surface area (Å²) in [5, 5.41) is 0. The van der Waals surface area contributed by atoms with E-state index in [9.17, 15) is 4.79 Å². The number of aryl methyl sites for hydroxylation is 2. The molecule has 1 fully saturated rings. The Hall–Kier alpha value is -1.11. The minimum atomic E-state index is 0.167. The molecule has 102 valence electrons. The van der Waals surface area contributed by atoms with Crippen LogP contribution in [0.4, 0.5) is 0 Å². The van der Waals surface area contributed by atoms with Crippen molar-refractivity contribution in [2.45, 2.75) is 53.4 Å². The zero-order valence-corrected chi connectivity index (χ0v) is 12.5. The topological polar surface area (TPSA) is 17.1 Å². The molecule has 0 heterocycles. The molecule has 0 N–H and O–H groups in total. The third-order valence-electron chi connectivity index (χ3n) is 5.88. The van der Waals surface area contributed by atoms with Crippen LogP contribution >= 0.6 is 0 Å². The number of rotatable bonds is 3. The number of fused-ring (bicyclic) bond motifs is 1. The minimum absolute atomic E-state index is 0.167. The standard InChI is InChI=1S/C18H24O/c1-17(2)16(18(17,3)4)15(19)11-12-8-9-13-6-5-7-14(13)10-12/h8-10,16H,5-7,11H2,1-4H3. The summed E-state index contributed by atoms with van der Waals surface area (Å²) in [7, 11) is 0. The summed E-state index contributed by atoms with van der Waals surface area (Å²) in [5.74, 6) is 0.654. The van der Waals surface area contributed by atoms with E-state index in [4.69, 9.17) is 0 Å². The number of carbonyl (C=O) groups excluding carboxylic acids is 1. The Bertz CT molecular complexity index is 523. The zero-order valence-electron chi connectivity index (χ0n) is 12.5. The summed E-state index contributed by atoms with van der Waals surface area (Å²) >= 11 is 0. The van der Waals surface area contributed by atoms with E-state index in [0.717, 1.165) is 0 Å². The van der Waals surface area contributed by atoms with Gasteiger partial charge in [-0.3, -0.25) is 4.79 Å². The third kappa shape index (κ3) is 1.86. The van der Waals surface area contributed by atoms with Crippen molar-refractivity contribution < 1.29 is 4.79 Å². The highest BCUT2D eigenvalue weighted by Gasteiger charge is 2.67. The van der Waals surface area contributed by atoms with Gasteiger partial charge in [0.05, 0.1) is 0 Å². The maximum atomic E-state index is 12.5. The molecule has 1 nitrogen and oxygen atoms in total. The highest BCUT2D eigenvalue weighted by Crippen LogP contribution is 2.68. The van der Waals surface area contributed by atoms with Crippen molar-refractivity contribution in [1.29, 1.82) is 0 Å². The van der Waals surface area contributed by atoms with Crippen LogP contribution in [0.3, 0.4) is 0 Å². The molecule has 2 aliphatic carbocycles. The van der Waals surface area contributed by atoms with Crippen molar-refractivity contribution in [3.8, 4) is 0 Å². The SMILES string of the molecule is CC1(C)C(C(=O)Cc2ccc3c(c2)CCC3)C1(C)C. The van der Waals surface area contributed by atoms with Crippen LogP contribution in [-0.2, 0) is 24.1 Å². The van der Waals surface area contributed by atoms with Crippen molar-refractivity contribution in [1.82, 2.24) is 0 Å². The van der Waals surface area contributed by atoms with Gasteiger partial charge < -0.3 is 0 Å². The molecule has 0 bridgehead atoms. The normalized spacial score (nSPS) is 23.2. The first kappa shape index (κ1) is 12.9. The number of benzene rings is 1. The lowest BCUT2D eigenvalue weighted by atomic mass is 9.98. The molecule has 0 aromatic heterocycles. The fourth-order valence-electron chi connectivity index (χ4n) is 4.04. The van der Waals surface area contributed by atoms with Gasteiger partial charge in [0, 0.05) is 12.3 Å². The van der Waals surface area contributed by atoms with Crippen molar-refractivity contribution in [2.24, 2.45) is 16.7 Å². The Morgan fingerprint density at radius 3 is 2.37 bits per heavy atom. The molecule has 2 aliphatic rings. The summed E-state index contributed by atoms with van der Waals surface area (Å²) in [6, 6.07) is 6.65. The maximum Gasteiger partial charge on any atom is 0.141 e. The van der Waals surface area contributed by atoms with Crippen LogP contribution in [0.2, 0.25) is 0 Å². The molecule has 3 rings (SSSR count). The van der Waals surface area contributed by atoms with Crippen LogP contribution in [0.25, 0.3) is 0 Å². The summed E-state index contributed by atoms with van der Waals surface area (Å²) < 4.78 is 0. The second-order valence-electron chi connectivity index (χ2n) is 7.48. The van der Waals surface area contributed by atoms with Gasteiger partial charge in [0.25, 0.3) is 0 Å². The Labute approximate surface area is 116 Å². The molecule has 1 aromatic carbocycles. The molecule has 0 saturated heterocycles. The molecular formula is C18H24O. The van der Waals surface area contributed by atoms with E-state index < -0.39 is 0 Å². The van der Waals surface area contributed by atoms with Crippen LogP contribution in [0.1, 0.15) is 50.8 Å². The second-order valence-corrected chi connectivity index (χ2v) is 7.48. The Morgan fingerprint density at radius 1 is 1.11 bits per heavy atom. The highest BCUT2D eigenvalue weighted by atomic mass is 16.1. The molecule has 1 saturated carbocycles. The molecule has 0 amide bonds. The Balaban J connectivity index is 1.75. The Morgan fingerprint density at radius 2 is 1.74 bits per heavy atom. The Kier molecular flexibility index (Phi) is 2.68. The molecule has 0 atom stereocenters. The van der Waals surface area contributed by atoms with E-state index in [1.54, 1.807) is 0 Å². The van der Waals surface area contributed by atoms with Gasteiger partial charge >= 0.3 is 0 Å². The van der Waals surface area contributed by atoms with Crippen LogP contribution in [0.5, 0.6) is 0 Å². The first-order valence-corrected chi connectivity index (χ1v) is 7.47. The van der Waals surface area contributed by atoms with E-state index in [-0.39, 0.29) is 16.7 Å².